The summed E-state index contributed by atoms with van der Waals surface area (Å²) in [6.45, 7) is 3.66. The second kappa shape index (κ2) is 5.72. The maximum atomic E-state index is 12.5. The van der Waals surface area contributed by atoms with Gasteiger partial charge in [0.2, 0.25) is 5.56 Å². The van der Waals surface area contributed by atoms with E-state index in [0.717, 1.165) is 11.1 Å². The molecule has 0 unspecified atom stereocenters. The highest BCUT2D eigenvalue weighted by Gasteiger charge is 2.19. The van der Waals surface area contributed by atoms with Crippen molar-refractivity contribution in [3.8, 4) is 0 Å². The van der Waals surface area contributed by atoms with Gasteiger partial charge < -0.3 is 16.0 Å². The number of carbonyl (C=O) groups is 1. The number of halogens is 1. The number of fused-ring (bicyclic) bond motifs is 1. The summed E-state index contributed by atoms with van der Waals surface area (Å²) in [6.07, 6.45) is 0. The zero-order valence-corrected chi connectivity index (χ0v) is 14.1. The minimum atomic E-state index is -0.311. The first kappa shape index (κ1) is 15.6. The molecule has 0 saturated heterocycles. The second-order valence-electron chi connectivity index (χ2n) is 5.28. The van der Waals surface area contributed by atoms with Crippen molar-refractivity contribution in [1.29, 1.82) is 0 Å². The van der Waals surface area contributed by atoms with Crippen LogP contribution in [0.3, 0.4) is 0 Å². The van der Waals surface area contributed by atoms with E-state index in [1.807, 2.05) is 6.92 Å². The normalized spacial score (nSPS) is 10.9. The molecule has 4 N–H and O–H groups in total. The Bertz CT molecular complexity index is 991. The molecule has 0 aliphatic rings. The largest absolute Gasteiger partial charge is 0.397 e. The molecule has 0 aliphatic heterocycles. The standard InChI is InChI=1S/C16H14ClN3O2S/c1-7-5-9(17)3-4-10(7)19-15(22)14-13(18)12-8(2)6-11(21)20-16(12)23-14/h3-6H,18H2,1-2H3,(H,19,22)(H,20,21). The molecule has 1 amide bonds. The van der Waals surface area contributed by atoms with Crippen molar-refractivity contribution < 1.29 is 4.79 Å². The molecule has 3 aromatic rings. The molecule has 0 bridgehead atoms. The summed E-state index contributed by atoms with van der Waals surface area (Å²) in [4.78, 5) is 27.8. The molecule has 0 saturated carbocycles. The van der Waals surface area contributed by atoms with Gasteiger partial charge in [-0.2, -0.15) is 0 Å². The van der Waals surface area contributed by atoms with E-state index in [-0.39, 0.29) is 11.5 Å². The molecule has 118 valence electrons. The van der Waals surface area contributed by atoms with Crippen LogP contribution in [0.5, 0.6) is 0 Å². The maximum Gasteiger partial charge on any atom is 0.267 e. The van der Waals surface area contributed by atoms with E-state index in [1.54, 1.807) is 25.1 Å². The van der Waals surface area contributed by atoms with Crippen molar-refractivity contribution in [3.05, 3.63) is 55.6 Å². The monoisotopic (exact) mass is 347 g/mol. The number of hydrogen-bond acceptors (Lipinski definition) is 4. The number of nitrogens with two attached hydrogens (primary N) is 1. The summed E-state index contributed by atoms with van der Waals surface area (Å²) in [6, 6.07) is 6.69. The minimum absolute atomic E-state index is 0.211. The number of hydrogen-bond donors (Lipinski definition) is 3. The summed E-state index contributed by atoms with van der Waals surface area (Å²) in [5.41, 5.74) is 8.55. The smallest absolute Gasteiger partial charge is 0.267 e. The Labute approximate surface area is 141 Å². The number of anilines is 2. The van der Waals surface area contributed by atoms with E-state index in [2.05, 4.69) is 10.3 Å². The highest BCUT2D eigenvalue weighted by atomic mass is 35.5. The number of pyridine rings is 1. The van der Waals surface area contributed by atoms with E-state index in [1.165, 1.54) is 17.4 Å². The van der Waals surface area contributed by atoms with E-state index >= 15 is 0 Å². The number of H-pyrrole nitrogens is 1. The van der Waals surface area contributed by atoms with E-state index < -0.39 is 0 Å². The van der Waals surface area contributed by atoms with Crippen molar-refractivity contribution >= 4 is 50.4 Å². The Balaban J connectivity index is 2.03. The molecule has 2 aromatic heterocycles. The number of nitrogen functional groups attached to an aromatic ring is 1. The third kappa shape index (κ3) is 2.83. The quantitative estimate of drug-likeness (QED) is 0.660. The molecule has 0 spiro atoms. The third-order valence-electron chi connectivity index (χ3n) is 3.57. The molecule has 0 radical (unpaired) electrons. The maximum absolute atomic E-state index is 12.5. The van der Waals surface area contributed by atoms with Gasteiger partial charge in [-0.1, -0.05) is 11.6 Å². The summed E-state index contributed by atoms with van der Waals surface area (Å²) in [7, 11) is 0. The Morgan fingerprint density at radius 2 is 2.00 bits per heavy atom. The van der Waals surface area contributed by atoms with Crippen LogP contribution in [0.4, 0.5) is 11.4 Å². The summed E-state index contributed by atoms with van der Waals surface area (Å²) < 4.78 is 0. The Kier molecular flexibility index (Phi) is 3.87. The molecular weight excluding hydrogens is 334 g/mol. The zero-order valence-electron chi connectivity index (χ0n) is 12.5. The van der Waals surface area contributed by atoms with Crippen LogP contribution < -0.4 is 16.6 Å². The number of benzene rings is 1. The predicted octanol–water partition coefficient (Wildman–Crippen LogP) is 3.69. The zero-order chi connectivity index (χ0) is 16.7. The van der Waals surface area contributed by atoms with Gasteiger partial charge in [0.25, 0.3) is 5.91 Å². The number of aromatic nitrogens is 1. The lowest BCUT2D eigenvalue weighted by Crippen LogP contribution is -2.12. The molecule has 23 heavy (non-hydrogen) atoms. The second-order valence-corrected chi connectivity index (χ2v) is 6.74. The fraction of sp³-hybridized carbons (Fsp3) is 0.125. The lowest BCUT2D eigenvalue weighted by molar-refractivity contribution is 0.103. The molecule has 0 fully saturated rings. The SMILES string of the molecule is Cc1cc(Cl)ccc1NC(=O)c1sc2[nH]c(=O)cc(C)c2c1N. The van der Waals surface area contributed by atoms with Crippen LogP contribution in [0.2, 0.25) is 5.02 Å². The number of rotatable bonds is 2. The van der Waals surface area contributed by atoms with Crippen molar-refractivity contribution in [2.75, 3.05) is 11.1 Å². The molecule has 0 aliphatic carbocycles. The number of aromatic amines is 1. The van der Waals surface area contributed by atoms with E-state index in [0.29, 0.717) is 31.5 Å². The minimum Gasteiger partial charge on any atom is -0.397 e. The van der Waals surface area contributed by atoms with Gasteiger partial charge in [0.15, 0.2) is 0 Å². The average molecular weight is 348 g/mol. The lowest BCUT2D eigenvalue weighted by atomic mass is 10.1. The number of nitrogens with one attached hydrogen (secondary N) is 2. The highest BCUT2D eigenvalue weighted by molar-refractivity contribution is 7.21. The van der Waals surface area contributed by atoms with Gasteiger partial charge >= 0.3 is 0 Å². The average Bonchev–Trinajstić information content (AvgIpc) is 2.79. The van der Waals surface area contributed by atoms with Crippen LogP contribution in [0.25, 0.3) is 10.2 Å². The number of aryl methyl sites for hydroxylation is 2. The van der Waals surface area contributed by atoms with E-state index in [4.69, 9.17) is 17.3 Å². The number of carbonyl (C=O) groups excluding carboxylic acids is 1. The molecule has 7 heteroatoms. The Morgan fingerprint density at radius 3 is 2.70 bits per heavy atom. The first-order chi connectivity index (χ1) is 10.9. The molecule has 1 aromatic carbocycles. The first-order valence-electron chi connectivity index (χ1n) is 6.86. The van der Waals surface area contributed by atoms with Crippen molar-refractivity contribution in [2.45, 2.75) is 13.8 Å². The van der Waals surface area contributed by atoms with Crippen LogP contribution in [0.15, 0.2) is 29.1 Å². The van der Waals surface area contributed by atoms with Crippen LogP contribution in [-0.2, 0) is 0 Å². The summed E-state index contributed by atoms with van der Waals surface area (Å²) >= 11 is 7.09. The van der Waals surface area contributed by atoms with Crippen molar-refractivity contribution in [2.24, 2.45) is 0 Å². The summed E-state index contributed by atoms with van der Waals surface area (Å²) in [5, 5.41) is 4.15. The fourth-order valence-electron chi connectivity index (χ4n) is 2.46. The first-order valence-corrected chi connectivity index (χ1v) is 8.05. The predicted molar refractivity (Wildman–Crippen MR) is 95.7 cm³/mol. The molecule has 0 atom stereocenters. The third-order valence-corrected chi connectivity index (χ3v) is 4.92. The van der Waals surface area contributed by atoms with Crippen molar-refractivity contribution in [1.82, 2.24) is 4.98 Å². The van der Waals surface area contributed by atoms with Gasteiger partial charge in [-0.05, 0) is 43.2 Å². The summed E-state index contributed by atoms with van der Waals surface area (Å²) in [5.74, 6) is -0.311. The van der Waals surface area contributed by atoms with Crippen LogP contribution in [0, 0.1) is 13.8 Å². The van der Waals surface area contributed by atoms with Crippen LogP contribution in [0.1, 0.15) is 20.8 Å². The van der Waals surface area contributed by atoms with Gasteiger partial charge in [-0.15, -0.1) is 11.3 Å². The van der Waals surface area contributed by atoms with Gasteiger partial charge in [-0.3, -0.25) is 9.59 Å². The Hall–Kier alpha value is -2.31. The van der Waals surface area contributed by atoms with Crippen molar-refractivity contribution in [3.63, 3.8) is 0 Å². The van der Waals surface area contributed by atoms with E-state index in [9.17, 15) is 9.59 Å². The highest BCUT2D eigenvalue weighted by Crippen LogP contribution is 2.34. The number of thiophene rings is 1. The number of amides is 1. The Morgan fingerprint density at radius 1 is 1.26 bits per heavy atom. The van der Waals surface area contributed by atoms with Gasteiger partial charge in [0.05, 0.1) is 5.69 Å². The topological polar surface area (TPSA) is 88.0 Å². The van der Waals surface area contributed by atoms with Crippen LogP contribution in [-0.4, -0.2) is 10.9 Å². The lowest BCUT2D eigenvalue weighted by Gasteiger charge is -2.08. The molecule has 3 rings (SSSR count). The molecule has 2 heterocycles. The molecular formula is C16H14ClN3O2S. The van der Waals surface area contributed by atoms with Gasteiger partial charge in [0, 0.05) is 22.2 Å². The van der Waals surface area contributed by atoms with Gasteiger partial charge in [-0.25, -0.2) is 0 Å². The van der Waals surface area contributed by atoms with Crippen LogP contribution >= 0.6 is 22.9 Å². The van der Waals surface area contributed by atoms with Gasteiger partial charge in [0.1, 0.15) is 9.71 Å². The fourth-order valence-corrected chi connectivity index (χ4v) is 3.77. The molecule has 5 nitrogen and oxygen atoms in total.